The number of rotatable bonds is 5. The molecule has 0 aliphatic carbocycles. The average Bonchev–Trinajstić information content (AvgIpc) is 2.90. The molecule has 6 nitrogen and oxygen atoms in total. The summed E-state index contributed by atoms with van der Waals surface area (Å²) in [5.74, 6) is 0.0540. The fourth-order valence-corrected chi connectivity index (χ4v) is 2.63. The van der Waals surface area contributed by atoms with E-state index in [2.05, 4.69) is 15.3 Å². The zero-order chi connectivity index (χ0) is 16.6. The van der Waals surface area contributed by atoms with Crippen LogP contribution in [-0.4, -0.2) is 27.1 Å². The van der Waals surface area contributed by atoms with Gasteiger partial charge in [-0.1, -0.05) is 32.4 Å². The maximum atomic E-state index is 11.6. The van der Waals surface area contributed by atoms with Crippen LogP contribution in [0.3, 0.4) is 0 Å². The Hall–Kier alpha value is -2.63. The van der Waals surface area contributed by atoms with Gasteiger partial charge in [-0.05, 0) is 25.0 Å². The van der Waals surface area contributed by atoms with Gasteiger partial charge in [0.15, 0.2) is 11.4 Å². The Kier molecular flexibility index (Phi) is 3.90. The second kappa shape index (κ2) is 5.87. The van der Waals surface area contributed by atoms with Crippen LogP contribution in [0.15, 0.2) is 28.7 Å². The summed E-state index contributed by atoms with van der Waals surface area (Å²) >= 11 is 0. The van der Waals surface area contributed by atoms with Crippen molar-refractivity contribution in [2.75, 3.05) is 5.32 Å². The molecule has 2 heterocycles. The SMILES string of the molecule is CC[C@H](C)[C@@H](Nc1nc(C)nc2c1oc1ccccc12)C(=O)O. The fraction of sp³-hybridized carbons (Fsp3) is 0.353. The molecule has 2 aromatic heterocycles. The Morgan fingerprint density at radius 1 is 1.35 bits per heavy atom. The molecule has 3 rings (SSSR count). The topological polar surface area (TPSA) is 88.3 Å². The van der Waals surface area contributed by atoms with Crippen LogP contribution in [0.25, 0.3) is 22.1 Å². The highest BCUT2D eigenvalue weighted by Crippen LogP contribution is 2.31. The van der Waals surface area contributed by atoms with Crippen molar-refractivity contribution in [3.63, 3.8) is 0 Å². The molecule has 2 N–H and O–H groups in total. The Labute approximate surface area is 133 Å². The van der Waals surface area contributed by atoms with Gasteiger partial charge >= 0.3 is 5.97 Å². The van der Waals surface area contributed by atoms with E-state index in [1.807, 2.05) is 38.1 Å². The van der Waals surface area contributed by atoms with Gasteiger partial charge < -0.3 is 14.8 Å². The molecule has 0 saturated heterocycles. The Morgan fingerprint density at radius 3 is 2.78 bits per heavy atom. The minimum Gasteiger partial charge on any atom is -0.480 e. The third-order valence-electron chi connectivity index (χ3n) is 4.10. The summed E-state index contributed by atoms with van der Waals surface area (Å²) in [5.41, 5.74) is 1.90. The molecule has 0 unspecified atom stereocenters. The van der Waals surface area contributed by atoms with Gasteiger partial charge in [0.2, 0.25) is 0 Å². The van der Waals surface area contributed by atoms with Gasteiger partial charge in [-0.15, -0.1) is 0 Å². The molecule has 6 heteroatoms. The Morgan fingerprint density at radius 2 is 2.09 bits per heavy atom. The highest BCUT2D eigenvalue weighted by Gasteiger charge is 2.26. The van der Waals surface area contributed by atoms with Gasteiger partial charge in [0.25, 0.3) is 0 Å². The number of carboxylic acids is 1. The summed E-state index contributed by atoms with van der Waals surface area (Å²) in [5, 5.41) is 13.4. The van der Waals surface area contributed by atoms with E-state index in [0.717, 1.165) is 11.8 Å². The molecule has 2 atom stereocenters. The van der Waals surface area contributed by atoms with Crippen LogP contribution in [0, 0.1) is 12.8 Å². The number of carboxylic acid groups (broad SMARTS) is 1. The number of carbonyl (C=O) groups is 1. The molecule has 0 aliphatic heterocycles. The van der Waals surface area contributed by atoms with Crippen molar-refractivity contribution >= 4 is 33.9 Å². The van der Waals surface area contributed by atoms with E-state index in [1.165, 1.54) is 0 Å². The molecule has 0 amide bonds. The largest absolute Gasteiger partial charge is 0.480 e. The number of aryl methyl sites for hydroxylation is 1. The molecule has 0 radical (unpaired) electrons. The van der Waals surface area contributed by atoms with Crippen molar-refractivity contribution in [1.29, 1.82) is 0 Å². The zero-order valence-corrected chi connectivity index (χ0v) is 13.3. The number of para-hydroxylation sites is 1. The minimum absolute atomic E-state index is 0.0396. The zero-order valence-electron chi connectivity index (χ0n) is 13.3. The molecular formula is C17H19N3O3. The normalized spacial score (nSPS) is 14.0. The number of hydrogen-bond acceptors (Lipinski definition) is 5. The van der Waals surface area contributed by atoms with E-state index in [0.29, 0.717) is 28.3 Å². The smallest absolute Gasteiger partial charge is 0.326 e. The molecule has 0 saturated carbocycles. The van der Waals surface area contributed by atoms with Crippen molar-refractivity contribution in [3.05, 3.63) is 30.1 Å². The standard InChI is InChI=1S/C17H19N3O3/c1-4-9(2)13(17(21)22)20-16-15-14(18-10(3)19-16)11-7-5-6-8-12(11)23-15/h5-9,13H,4H2,1-3H3,(H,21,22)(H,18,19,20)/t9-,13+/m0/s1. The van der Waals surface area contributed by atoms with E-state index in [-0.39, 0.29) is 5.92 Å². The number of furan rings is 1. The lowest BCUT2D eigenvalue weighted by Crippen LogP contribution is -2.35. The fourth-order valence-electron chi connectivity index (χ4n) is 2.63. The average molecular weight is 313 g/mol. The lowest BCUT2D eigenvalue weighted by Gasteiger charge is -2.20. The first-order valence-electron chi connectivity index (χ1n) is 7.66. The number of nitrogens with zero attached hydrogens (tertiary/aromatic N) is 2. The number of aliphatic carboxylic acids is 1. The highest BCUT2D eigenvalue weighted by atomic mass is 16.4. The van der Waals surface area contributed by atoms with E-state index >= 15 is 0 Å². The van der Waals surface area contributed by atoms with Gasteiger partial charge in [0.1, 0.15) is 23.0 Å². The summed E-state index contributed by atoms with van der Waals surface area (Å²) in [4.78, 5) is 20.4. The van der Waals surface area contributed by atoms with Crippen LogP contribution in [0.1, 0.15) is 26.1 Å². The predicted molar refractivity (Wildman–Crippen MR) is 88.5 cm³/mol. The first-order valence-corrected chi connectivity index (χ1v) is 7.66. The van der Waals surface area contributed by atoms with Crippen molar-refractivity contribution in [2.45, 2.75) is 33.2 Å². The minimum atomic E-state index is -0.903. The third-order valence-corrected chi connectivity index (χ3v) is 4.10. The number of benzene rings is 1. The van der Waals surface area contributed by atoms with E-state index < -0.39 is 12.0 Å². The van der Waals surface area contributed by atoms with Crippen LogP contribution >= 0.6 is 0 Å². The molecule has 0 fully saturated rings. The first-order chi connectivity index (χ1) is 11.0. The van der Waals surface area contributed by atoms with Crippen LogP contribution < -0.4 is 5.32 Å². The molecule has 1 aromatic carbocycles. The van der Waals surface area contributed by atoms with Crippen molar-refractivity contribution in [1.82, 2.24) is 9.97 Å². The monoisotopic (exact) mass is 313 g/mol. The third kappa shape index (κ3) is 2.72. The molecule has 3 aromatic rings. The number of anilines is 1. The van der Waals surface area contributed by atoms with Gasteiger partial charge in [-0.25, -0.2) is 14.8 Å². The summed E-state index contributed by atoms with van der Waals surface area (Å²) in [6.45, 7) is 5.64. The van der Waals surface area contributed by atoms with Gasteiger partial charge in [-0.2, -0.15) is 0 Å². The molecule has 0 bridgehead atoms. The lowest BCUT2D eigenvalue weighted by atomic mass is 9.99. The van der Waals surface area contributed by atoms with Gasteiger partial charge in [0.05, 0.1) is 0 Å². The maximum Gasteiger partial charge on any atom is 0.326 e. The predicted octanol–water partition coefficient (Wildman–Crippen LogP) is 3.60. The second-order valence-corrected chi connectivity index (χ2v) is 5.74. The Bertz CT molecular complexity index is 872. The lowest BCUT2D eigenvalue weighted by molar-refractivity contribution is -0.139. The van der Waals surface area contributed by atoms with Crippen LogP contribution in [0.2, 0.25) is 0 Å². The summed E-state index contributed by atoms with van der Waals surface area (Å²) in [6, 6.07) is 6.86. The second-order valence-electron chi connectivity index (χ2n) is 5.74. The summed E-state index contributed by atoms with van der Waals surface area (Å²) in [6.07, 6.45) is 0.747. The number of aromatic nitrogens is 2. The molecule has 23 heavy (non-hydrogen) atoms. The van der Waals surface area contributed by atoms with Crippen LogP contribution in [-0.2, 0) is 4.79 Å². The number of fused-ring (bicyclic) bond motifs is 3. The number of nitrogens with one attached hydrogen (secondary N) is 1. The molecular weight excluding hydrogens is 294 g/mol. The van der Waals surface area contributed by atoms with Gasteiger partial charge in [-0.3, -0.25) is 0 Å². The van der Waals surface area contributed by atoms with Crippen molar-refractivity contribution in [2.24, 2.45) is 5.92 Å². The van der Waals surface area contributed by atoms with E-state index in [4.69, 9.17) is 4.42 Å². The number of hydrogen-bond donors (Lipinski definition) is 2. The highest BCUT2D eigenvalue weighted by molar-refractivity contribution is 6.05. The summed E-state index contributed by atoms with van der Waals surface area (Å²) < 4.78 is 5.85. The molecule has 0 spiro atoms. The quantitative estimate of drug-likeness (QED) is 0.748. The van der Waals surface area contributed by atoms with Gasteiger partial charge in [0, 0.05) is 5.39 Å². The van der Waals surface area contributed by atoms with Crippen LogP contribution in [0.4, 0.5) is 5.82 Å². The van der Waals surface area contributed by atoms with Crippen molar-refractivity contribution < 1.29 is 14.3 Å². The molecule has 120 valence electrons. The Balaban J connectivity index is 2.15. The first kappa shape index (κ1) is 15.3. The summed E-state index contributed by atoms with van der Waals surface area (Å²) in [7, 11) is 0. The van der Waals surface area contributed by atoms with Crippen molar-refractivity contribution in [3.8, 4) is 0 Å². The van der Waals surface area contributed by atoms with Crippen LogP contribution in [0.5, 0.6) is 0 Å². The van der Waals surface area contributed by atoms with E-state index in [1.54, 1.807) is 6.92 Å². The maximum absolute atomic E-state index is 11.6. The molecule has 0 aliphatic rings. The van der Waals surface area contributed by atoms with E-state index in [9.17, 15) is 9.90 Å².